The molecule has 4 heteroatoms. The molecule has 0 heterocycles. The monoisotopic (exact) mass is 346 g/mol. The van der Waals surface area contributed by atoms with Crippen LogP contribution in [0, 0.1) is 11.3 Å². The average molecular weight is 346 g/mol. The molecule has 0 saturated heterocycles. The predicted octanol–water partition coefficient (Wildman–Crippen LogP) is 4.46. The van der Waals surface area contributed by atoms with Gasteiger partial charge in [-0.3, -0.25) is 4.79 Å². The number of rotatable bonds is 4. The van der Waals surface area contributed by atoms with Crippen LogP contribution in [-0.4, -0.2) is 24.1 Å². The SMILES string of the molecule is O=C(OC1CCCCC1)C1=CC2CCC1(C(=O)OC1CCCCC1)C2. The van der Waals surface area contributed by atoms with Crippen molar-refractivity contribution < 1.29 is 19.1 Å². The summed E-state index contributed by atoms with van der Waals surface area (Å²) in [6.45, 7) is 0. The van der Waals surface area contributed by atoms with Crippen LogP contribution in [-0.2, 0) is 19.1 Å². The standard InChI is InChI=1S/C21H30O4/c22-19(24-16-7-3-1-4-8-16)18-13-15-11-12-21(18,14-15)20(23)25-17-9-5-2-6-10-17/h13,15-17H,1-12,14H2. The van der Waals surface area contributed by atoms with Crippen LogP contribution >= 0.6 is 0 Å². The Labute approximate surface area is 150 Å². The largest absolute Gasteiger partial charge is 0.462 e. The Hall–Kier alpha value is -1.32. The summed E-state index contributed by atoms with van der Waals surface area (Å²) < 4.78 is 11.7. The molecule has 25 heavy (non-hydrogen) atoms. The lowest BCUT2D eigenvalue weighted by Gasteiger charge is -2.31. The summed E-state index contributed by atoms with van der Waals surface area (Å²) in [6, 6.07) is 0. The maximum Gasteiger partial charge on any atom is 0.335 e. The second-order valence-corrected chi connectivity index (χ2v) is 8.50. The zero-order chi connectivity index (χ0) is 17.3. The fourth-order valence-electron chi connectivity index (χ4n) is 5.27. The third-order valence-corrected chi connectivity index (χ3v) is 6.73. The summed E-state index contributed by atoms with van der Waals surface area (Å²) in [5, 5.41) is 0. The molecule has 0 aromatic carbocycles. The van der Waals surface area contributed by atoms with Crippen molar-refractivity contribution in [2.45, 2.75) is 95.7 Å². The van der Waals surface area contributed by atoms with E-state index in [2.05, 4.69) is 0 Å². The number of hydrogen-bond donors (Lipinski definition) is 0. The summed E-state index contributed by atoms with van der Waals surface area (Å²) in [7, 11) is 0. The van der Waals surface area contributed by atoms with E-state index >= 15 is 0 Å². The highest BCUT2D eigenvalue weighted by Gasteiger charge is 2.56. The lowest BCUT2D eigenvalue weighted by atomic mass is 9.80. The normalized spacial score (nSPS) is 33.1. The first-order chi connectivity index (χ1) is 12.2. The fraction of sp³-hybridized carbons (Fsp3) is 0.810. The molecule has 4 rings (SSSR count). The quantitative estimate of drug-likeness (QED) is 0.705. The van der Waals surface area contributed by atoms with Crippen molar-refractivity contribution in [3.8, 4) is 0 Å². The van der Waals surface area contributed by atoms with Gasteiger partial charge in [-0.2, -0.15) is 0 Å². The Bertz CT molecular complexity index is 554. The van der Waals surface area contributed by atoms with E-state index in [1.54, 1.807) is 0 Å². The molecule has 2 atom stereocenters. The zero-order valence-corrected chi connectivity index (χ0v) is 15.1. The summed E-state index contributed by atoms with van der Waals surface area (Å²) in [4.78, 5) is 25.8. The van der Waals surface area contributed by atoms with Gasteiger partial charge in [-0.05, 0) is 76.5 Å². The Morgan fingerprint density at radius 1 is 0.840 bits per heavy atom. The van der Waals surface area contributed by atoms with E-state index in [0.717, 1.165) is 70.6 Å². The third kappa shape index (κ3) is 3.37. The molecule has 0 spiro atoms. The Morgan fingerprint density at radius 2 is 1.44 bits per heavy atom. The van der Waals surface area contributed by atoms with Gasteiger partial charge in [0.1, 0.15) is 17.6 Å². The van der Waals surface area contributed by atoms with E-state index in [0.29, 0.717) is 11.5 Å². The smallest absolute Gasteiger partial charge is 0.335 e. The Balaban J connectivity index is 1.44. The minimum atomic E-state index is -0.714. The Kier molecular flexibility index (Phi) is 4.88. The molecule has 138 valence electrons. The number of esters is 2. The van der Waals surface area contributed by atoms with Gasteiger partial charge in [0.25, 0.3) is 0 Å². The first-order valence-electron chi connectivity index (χ1n) is 10.3. The van der Waals surface area contributed by atoms with Crippen LogP contribution in [0.4, 0.5) is 0 Å². The van der Waals surface area contributed by atoms with Crippen molar-refractivity contribution in [1.29, 1.82) is 0 Å². The summed E-state index contributed by atoms with van der Waals surface area (Å²) in [6.07, 6.45) is 15.4. The van der Waals surface area contributed by atoms with Crippen LogP contribution in [0.1, 0.15) is 83.5 Å². The molecule has 2 bridgehead atoms. The van der Waals surface area contributed by atoms with Gasteiger partial charge in [-0.15, -0.1) is 0 Å². The maximum absolute atomic E-state index is 13.0. The molecule has 0 aromatic rings. The van der Waals surface area contributed by atoms with E-state index < -0.39 is 5.41 Å². The molecule has 4 nitrogen and oxygen atoms in total. The molecule has 2 unspecified atom stereocenters. The maximum atomic E-state index is 13.0. The van der Waals surface area contributed by atoms with E-state index in [9.17, 15) is 9.59 Å². The fourth-order valence-corrected chi connectivity index (χ4v) is 5.27. The summed E-state index contributed by atoms with van der Waals surface area (Å²) in [5.74, 6) is -0.0752. The molecular weight excluding hydrogens is 316 g/mol. The molecular formula is C21H30O4. The summed E-state index contributed by atoms with van der Waals surface area (Å²) in [5.41, 5.74) is -0.108. The minimum absolute atomic E-state index is 0.0349. The molecule has 0 radical (unpaired) electrons. The van der Waals surface area contributed by atoms with Gasteiger partial charge in [-0.1, -0.05) is 18.9 Å². The molecule has 0 N–H and O–H groups in total. The van der Waals surface area contributed by atoms with Gasteiger partial charge in [0.05, 0.1) is 5.57 Å². The van der Waals surface area contributed by atoms with Gasteiger partial charge < -0.3 is 9.47 Å². The number of ether oxygens (including phenoxy) is 2. The van der Waals surface area contributed by atoms with Crippen LogP contribution in [0.5, 0.6) is 0 Å². The van der Waals surface area contributed by atoms with Crippen molar-refractivity contribution in [1.82, 2.24) is 0 Å². The predicted molar refractivity (Wildman–Crippen MR) is 93.8 cm³/mol. The van der Waals surface area contributed by atoms with Gasteiger partial charge in [-0.25, -0.2) is 4.79 Å². The van der Waals surface area contributed by atoms with Crippen LogP contribution in [0.3, 0.4) is 0 Å². The van der Waals surface area contributed by atoms with Gasteiger partial charge >= 0.3 is 11.9 Å². The highest BCUT2D eigenvalue weighted by atomic mass is 16.6. The van der Waals surface area contributed by atoms with Gasteiger partial charge in [0.2, 0.25) is 0 Å². The van der Waals surface area contributed by atoms with Crippen LogP contribution < -0.4 is 0 Å². The van der Waals surface area contributed by atoms with Crippen LogP contribution in [0.2, 0.25) is 0 Å². The molecule has 3 saturated carbocycles. The highest BCUT2D eigenvalue weighted by molar-refractivity contribution is 5.99. The van der Waals surface area contributed by atoms with Gasteiger partial charge in [0, 0.05) is 0 Å². The third-order valence-electron chi connectivity index (χ3n) is 6.73. The molecule has 0 aromatic heterocycles. The van der Waals surface area contributed by atoms with Crippen molar-refractivity contribution >= 4 is 11.9 Å². The lowest BCUT2D eigenvalue weighted by molar-refractivity contribution is -0.163. The lowest BCUT2D eigenvalue weighted by Crippen LogP contribution is -2.38. The van der Waals surface area contributed by atoms with Crippen molar-refractivity contribution in [3.05, 3.63) is 11.6 Å². The van der Waals surface area contributed by atoms with Gasteiger partial charge in [0.15, 0.2) is 0 Å². The highest BCUT2D eigenvalue weighted by Crippen LogP contribution is 2.55. The van der Waals surface area contributed by atoms with Crippen molar-refractivity contribution in [2.24, 2.45) is 11.3 Å². The number of hydrogen-bond acceptors (Lipinski definition) is 4. The topological polar surface area (TPSA) is 52.6 Å². The number of allylic oxidation sites excluding steroid dienone is 1. The van der Waals surface area contributed by atoms with E-state index in [-0.39, 0.29) is 24.1 Å². The minimum Gasteiger partial charge on any atom is -0.462 e. The zero-order valence-electron chi connectivity index (χ0n) is 15.1. The number of carbonyl (C=O) groups excluding carboxylic acids is 2. The van der Waals surface area contributed by atoms with Crippen LogP contribution in [0.15, 0.2) is 11.6 Å². The molecule has 0 amide bonds. The van der Waals surface area contributed by atoms with E-state index in [1.165, 1.54) is 12.8 Å². The number of carbonyl (C=O) groups is 2. The second-order valence-electron chi connectivity index (χ2n) is 8.50. The molecule has 3 fully saturated rings. The first kappa shape index (κ1) is 17.1. The van der Waals surface area contributed by atoms with E-state index in [4.69, 9.17) is 9.47 Å². The average Bonchev–Trinajstić information content (AvgIpc) is 3.23. The summed E-state index contributed by atoms with van der Waals surface area (Å²) >= 11 is 0. The molecule has 4 aliphatic carbocycles. The van der Waals surface area contributed by atoms with Crippen molar-refractivity contribution in [2.75, 3.05) is 0 Å². The first-order valence-corrected chi connectivity index (χ1v) is 10.3. The van der Waals surface area contributed by atoms with E-state index in [1.807, 2.05) is 6.08 Å². The number of fused-ring (bicyclic) bond motifs is 2. The molecule has 4 aliphatic rings. The van der Waals surface area contributed by atoms with Crippen molar-refractivity contribution in [3.63, 3.8) is 0 Å². The second kappa shape index (κ2) is 7.13. The Morgan fingerprint density at radius 3 is 2.04 bits per heavy atom. The molecule has 0 aliphatic heterocycles. The van der Waals surface area contributed by atoms with Crippen LogP contribution in [0.25, 0.3) is 0 Å².